The van der Waals surface area contributed by atoms with Crippen LogP contribution in [0.3, 0.4) is 0 Å². The smallest absolute Gasteiger partial charge is 0.457 e. The maximum absolute atomic E-state index is 7.22. The van der Waals surface area contributed by atoms with Crippen molar-refractivity contribution in [3.8, 4) is 0 Å². The molecule has 0 bridgehead atoms. The Hall–Kier alpha value is -0.0826. The molecule has 0 aromatic heterocycles. The molecular weight excluding hydrogens is 148 g/mol. The number of benzene rings is 1. The summed E-state index contributed by atoms with van der Waals surface area (Å²) < 4.78 is 0. The number of rotatable bonds is 2. The van der Waals surface area contributed by atoms with E-state index in [0.29, 0.717) is 5.45 Å². The van der Waals surface area contributed by atoms with Gasteiger partial charge >= 0.3 is 18.9 Å². The van der Waals surface area contributed by atoms with Crippen molar-refractivity contribution >= 4 is 19.3 Å². The first-order valence-electron chi connectivity index (χ1n) is 3.11. The van der Waals surface area contributed by atoms with Crippen LogP contribution < -0.4 is 24.2 Å². The molecule has 0 aliphatic carbocycles. The fourth-order valence-corrected chi connectivity index (χ4v) is 1.40. The molecule has 1 aromatic rings. The standard InChI is InChI=1S/C8H9NP.Li/c1-7(9)10-8-5-3-2-4-6-8;/h2-6,9H,1H3;/q-1;+1. The Bertz CT molecular complexity index is 223. The average Bonchev–Trinajstić information content (AvgIpc) is 1.88. The van der Waals surface area contributed by atoms with E-state index in [9.17, 15) is 0 Å². The van der Waals surface area contributed by atoms with Gasteiger partial charge in [0, 0.05) is 0 Å². The molecule has 11 heavy (non-hydrogen) atoms. The monoisotopic (exact) mass is 157 g/mol. The minimum Gasteiger partial charge on any atom is -0.457 e. The topological polar surface area (TPSA) is 23.9 Å². The van der Waals surface area contributed by atoms with Crippen molar-refractivity contribution in [3.05, 3.63) is 30.3 Å². The Kier molecular flexibility index (Phi) is 5.51. The van der Waals surface area contributed by atoms with Crippen LogP contribution in [-0.4, -0.2) is 5.45 Å². The molecule has 1 rings (SSSR count). The Balaban J connectivity index is 0.000001000. The second-order valence-corrected chi connectivity index (χ2v) is 3.44. The van der Waals surface area contributed by atoms with Gasteiger partial charge in [0.2, 0.25) is 0 Å². The van der Waals surface area contributed by atoms with Crippen molar-refractivity contribution in [1.29, 1.82) is 5.41 Å². The first-order chi connectivity index (χ1) is 4.79. The second-order valence-electron chi connectivity index (χ2n) is 2.03. The van der Waals surface area contributed by atoms with E-state index in [4.69, 9.17) is 5.41 Å². The maximum atomic E-state index is 7.22. The van der Waals surface area contributed by atoms with Crippen LogP contribution in [0.1, 0.15) is 6.92 Å². The molecule has 0 aliphatic heterocycles. The molecule has 0 spiro atoms. The predicted molar refractivity (Wildman–Crippen MR) is 46.4 cm³/mol. The van der Waals surface area contributed by atoms with E-state index >= 15 is 0 Å². The zero-order valence-corrected chi connectivity index (χ0v) is 7.73. The van der Waals surface area contributed by atoms with E-state index in [-0.39, 0.29) is 18.9 Å². The molecule has 0 radical (unpaired) electrons. The molecule has 0 amide bonds. The van der Waals surface area contributed by atoms with Gasteiger partial charge < -0.3 is 14.0 Å². The molecule has 1 N–H and O–H groups in total. The van der Waals surface area contributed by atoms with Crippen LogP contribution in [0.4, 0.5) is 0 Å². The van der Waals surface area contributed by atoms with Gasteiger partial charge in [-0.05, 0) is 0 Å². The van der Waals surface area contributed by atoms with Crippen molar-refractivity contribution in [1.82, 2.24) is 0 Å². The normalized spacial score (nSPS) is 9.55. The Morgan fingerprint density at radius 3 is 2.27 bits per heavy atom. The Morgan fingerprint density at radius 2 is 1.82 bits per heavy atom. The summed E-state index contributed by atoms with van der Waals surface area (Å²) in [6.45, 7) is 1.81. The van der Waals surface area contributed by atoms with Gasteiger partial charge in [-0.3, -0.25) is 0 Å². The molecule has 1 nitrogen and oxygen atoms in total. The van der Waals surface area contributed by atoms with E-state index < -0.39 is 0 Å². The average molecular weight is 157 g/mol. The van der Waals surface area contributed by atoms with E-state index in [1.54, 1.807) is 0 Å². The van der Waals surface area contributed by atoms with Gasteiger partial charge in [-0.25, -0.2) is 0 Å². The summed E-state index contributed by atoms with van der Waals surface area (Å²) in [7, 11) is 1.01. The maximum Gasteiger partial charge on any atom is 1.00 e. The van der Waals surface area contributed by atoms with Crippen molar-refractivity contribution < 1.29 is 18.9 Å². The van der Waals surface area contributed by atoms with E-state index in [0.717, 1.165) is 8.58 Å². The van der Waals surface area contributed by atoms with Gasteiger partial charge in [0.15, 0.2) is 0 Å². The number of hydrogen-bond acceptors (Lipinski definition) is 1. The summed E-state index contributed by atoms with van der Waals surface area (Å²) in [6.07, 6.45) is 0. The van der Waals surface area contributed by atoms with Gasteiger partial charge in [-0.1, -0.05) is 37.3 Å². The van der Waals surface area contributed by atoms with Crippen molar-refractivity contribution in [2.75, 3.05) is 0 Å². The minimum atomic E-state index is 0. The van der Waals surface area contributed by atoms with Gasteiger partial charge in [-0.2, -0.15) is 5.30 Å². The van der Waals surface area contributed by atoms with E-state index in [2.05, 4.69) is 0 Å². The molecule has 0 heterocycles. The molecule has 52 valence electrons. The van der Waals surface area contributed by atoms with Crippen LogP contribution in [0.5, 0.6) is 0 Å². The van der Waals surface area contributed by atoms with Crippen molar-refractivity contribution in [2.24, 2.45) is 0 Å². The molecule has 0 saturated carbocycles. The van der Waals surface area contributed by atoms with Crippen molar-refractivity contribution in [3.63, 3.8) is 0 Å². The zero-order chi connectivity index (χ0) is 7.40. The quantitative estimate of drug-likeness (QED) is 0.332. The number of nitrogens with one attached hydrogen (secondary N) is 1. The summed E-state index contributed by atoms with van der Waals surface area (Å²) in [4.78, 5) is 0. The van der Waals surface area contributed by atoms with E-state index in [1.807, 2.05) is 37.3 Å². The fourth-order valence-electron chi connectivity index (χ4n) is 0.696. The summed E-state index contributed by atoms with van der Waals surface area (Å²) in [5.74, 6) is 0. The summed E-state index contributed by atoms with van der Waals surface area (Å²) in [5, 5.41) is 8.41. The van der Waals surface area contributed by atoms with Gasteiger partial charge in [0.25, 0.3) is 0 Å². The SMILES string of the molecule is CC(=N)[P-]c1ccccc1.[Li+]. The van der Waals surface area contributed by atoms with Gasteiger partial charge in [-0.15, -0.1) is 5.45 Å². The zero-order valence-electron chi connectivity index (χ0n) is 6.83. The van der Waals surface area contributed by atoms with Gasteiger partial charge in [0.1, 0.15) is 0 Å². The Morgan fingerprint density at radius 1 is 1.27 bits per heavy atom. The molecule has 0 saturated heterocycles. The number of hydrogen-bond donors (Lipinski definition) is 1. The molecule has 0 atom stereocenters. The first kappa shape index (κ1) is 10.9. The van der Waals surface area contributed by atoms with Crippen LogP contribution >= 0.6 is 8.58 Å². The molecular formula is C8H9LiNP. The molecule has 0 aliphatic rings. The summed E-state index contributed by atoms with van der Waals surface area (Å²) >= 11 is 0. The largest absolute Gasteiger partial charge is 1.00 e. The third-order valence-corrected chi connectivity index (χ3v) is 1.94. The Labute approximate surface area is 81.1 Å². The summed E-state index contributed by atoms with van der Waals surface area (Å²) in [5.41, 5.74) is 0.686. The molecule has 3 heteroatoms. The third kappa shape index (κ3) is 4.38. The minimum absolute atomic E-state index is 0. The van der Waals surface area contributed by atoms with Crippen molar-refractivity contribution in [2.45, 2.75) is 6.92 Å². The third-order valence-electron chi connectivity index (χ3n) is 1.05. The van der Waals surface area contributed by atoms with Crippen LogP contribution in [-0.2, 0) is 0 Å². The predicted octanol–water partition coefficient (Wildman–Crippen LogP) is -0.741. The first-order valence-corrected chi connectivity index (χ1v) is 4.00. The van der Waals surface area contributed by atoms with E-state index in [1.165, 1.54) is 5.30 Å². The molecule has 0 unspecified atom stereocenters. The van der Waals surface area contributed by atoms with Gasteiger partial charge in [0.05, 0.1) is 0 Å². The van der Waals surface area contributed by atoms with Crippen LogP contribution in [0.15, 0.2) is 30.3 Å². The van der Waals surface area contributed by atoms with Crippen LogP contribution in [0.2, 0.25) is 0 Å². The second kappa shape index (κ2) is 5.55. The summed E-state index contributed by atoms with van der Waals surface area (Å²) in [6, 6.07) is 10.0. The van der Waals surface area contributed by atoms with Crippen LogP contribution in [0, 0.1) is 5.41 Å². The fraction of sp³-hybridized carbons (Fsp3) is 0.125. The molecule has 0 fully saturated rings. The molecule has 1 aromatic carbocycles. The van der Waals surface area contributed by atoms with Crippen LogP contribution in [0.25, 0.3) is 0 Å².